The van der Waals surface area contributed by atoms with Crippen LogP contribution in [0.1, 0.15) is 9.75 Å². The average Bonchev–Trinajstić information content (AvgIpc) is 2.96. The Morgan fingerprint density at radius 3 is 2.57 bits per heavy atom. The van der Waals surface area contributed by atoms with Gasteiger partial charge >= 0.3 is 0 Å². The minimum atomic E-state index is -0.329. The number of carbonyl (C=O) groups is 2. The highest BCUT2D eigenvalue weighted by molar-refractivity contribution is 8.19. The van der Waals surface area contributed by atoms with Crippen molar-refractivity contribution in [2.24, 2.45) is 0 Å². The molecule has 3 nitrogen and oxygen atoms in total. The summed E-state index contributed by atoms with van der Waals surface area (Å²) in [7, 11) is 0. The molecule has 0 saturated carbocycles. The van der Waals surface area contributed by atoms with Gasteiger partial charge in [-0.05, 0) is 49.0 Å². The van der Waals surface area contributed by atoms with Crippen LogP contribution in [0.15, 0.2) is 41.3 Å². The molecule has 2 amide bonds. The number of imide groups is 1. The number of amides is 2. The molecule has 0 radical (unpaired) electrons. The van der Waals surface area contributed by atoms with Crippen molar-refractivity contribution < 1.29 is 9.59 Å². The van der Waals surface area contributed by atoms with Gasteiger partial charge in [-0.2, -0.15) is 0 Å². The summed E-state index contributed by atoms with van der Waals surface area (Å²) in [5.74, 6) is -0.329. The molecule has 2 heterocycles. The number of anilines is 1. The molecule has 21 heavy (non-hydrogen) atoms. The Kier molecular flexibility index (Phi) is 3.89. The molecule has 0 unspecified atom stereocenters. The molecular weight excluding hydrogens is 326 g/mol. The van der Waals surface area contributed by atoms with E-state index in [9.17, 15) is 9.59 Å². The fourth-order valence-electron chi connectivity index (χ4n) is 1.97. The molecule has 1 aliphatic rings. The van der Waals surface area contributed by atoms with Crippen LogP contribution in [0.2, 0.25) is 5.02 Å². The predicted octanol–water partition coefficient (Wildman–Crippen LogP) is 4.95. The maximum absolute atomic E-state index is 12.4. The number of carbonyl (C=O) groups excluding carboxylic acids is 2. The van der Waals surface area contributed by atoms with Gasteiger partial charge in [0, 0.05) is 9.75 Å². The lowest BCUT2D eigenvalue weighted by Gasteiger charge is -2.13. The van der Waals surface area contributed by atoms with Gasteiger partial charge in [-0.1, -0.05) is 23.7 Å². The highest BCUT2D eigenvalue weighted by atomic mass is 35.5. The van der Waals surface area contributed by atoms with Crippen LogP contribution in [0.5, 0.6) is 0 Å². The summed E-state index contributed by atoms with van der Waals surface area (Å²) < 4.78 is 0. The van der Waals surface area contributed by atoms with Gasteiger partial charge in [0.25, 0.3) is 11.1 Å². The summed E-state index contributed by atoms with van der Waals surface area (Å²) in [5.41, 5.74) is 0.424. The Balaban J connectivity index is 1.96. The number of thioether (sulfide) groups is 1. The quantitative estimate of drug-likeness (QED) is 0.728. The second-order valence-electron chi connectivity index (χ2n) is 4.42. The van der Waals surface area contributed by atoms with E-state index < -0.39 is 0 Å². The molecule has 1 aromatic carbocycles. The minimum Gasteiger partial charge on any atom is -0.268 e. The average molecular weight is 336 g/mol. The first-order valence-electron chi connectivity index (χ1n) is 6.15. The Labute approximate surface area is 135 Å². The van der Waals surface area contributed by atoms with Crippen molar-refractivity contribution in [1.82, 2.24) is 0 Å². The van der Waals surface area contributed by atoms with Crippen LogP contribution in [0.4, 0.5) is 10.5 Å². The Bertz CT molecular complexity index is 767. The van der Waals surface area contributed by atoms with Crippen LogP contribution in [0.3, 0.4) is 0 Å². The van der Waals surface area contributed by atoms with Crippen LogP contribution < -0.4 is 4.90 Å². The van der Waals surface area contributed by atoms with E-state index in [0.29, 0.717) is 15.6 Å². The van der Waals surface area contributed by atoms with E-state index in [4.69, 9.17) is 11.6 Å². The largest absolute Gasteiger partial charge is 0.298 e. The molecule has 0 aliphatic carbocycles. The second kappa shape index (κ2) is 5.67. The van der Waals surface area contributed by atoms with Crippen molar-refractivity contribution in [1.29, 1.82) is 0 Å². The topological polar surface area (TPSA) is 37.4 Å². The number of hydrogen-bond acceptors (Lipinski definition) is 4. The van der Waals surface area contributed by atoms with Crippen molar-refractivity contribution in [2.75, 3.05) is 4.90 Å². The summed E-state index contributed by atoms with van der Waals surface area (Å²) in [4.78, 5) is 28.2. The molecule has 0 N–H and O–H groups in total. The zero-order valence-electron chi connectivity index (χ0n) is 11.0. The maximum Gasteiger partial charge on any atom is 0.298 e. The molecule has 1 aliphatic heterocycles. The molecule has 2 aromatic rings. The molecule has 0 spiro atoms. The van der Waals surface area contributed by atoms with Crippen LogP contribution in [0, 0.1) is 6.92 Å². The number of thiophene rings is 1. The smallest absolute Gasteiger partial charge is 0.268 e. The first-order valence-corrected chi connectivity index (χ1v) is 8.16. The number of benzene rings is 1. The number of para-hydroxylation sites is 1. The lowest BCUT2D eigenvalue weighted by molar-refractivity contribution is -0.113. The SMILES string of the molecule is Cc1ccc(/C=C2\SC(=O)N(c3ccccc3Cl)C2=O)s1. The molecule has 1 aromatic heterocycles. The van der Waals surface area contributed by atoms with Crippen molar-refractivity contribution in [3.63, 3.8) is 0 Å². The van der Waals surface area contributed by atoms with Gasteiger partial charge in [0.1, 0.15) is 0 Å². The first kappa shape index (κ1) is 14.4. The second-order valence-corrected chi connectivity index (χ2v) is 7.14. The van der Waals surface area contributed by atoms with Gasteiger partial charge in [-0.15, -0.1) is 11.3 Å². The molecule has 3 rings (SSSR count). The van der Waals surface area contributed by atoms with Gasteiger partial charge in [0.2, 0.25) is 0 Å². The summed E-state index contributed by atoms with van der Waals surface area (Å²) in [5, 5.41) is 0.0562. The fourth-order valence-corrected chi connectivity index (χ4v) is 3.91. The van der Waals surface area contributed by atoms with E-state index in [1.807, 2.05) is 19.1 Å². The number of hydrogen-bond donors (Lipinski definition) is 0. The summed E-state index contributed by atoms with van der Waals surface area (Å²) in [6.07, 6.45) is 1.75. The Hall–Kier alpha value is -1.56. The van der Waals surface area contributed by atoms with Gasteiger partial charge in [0.15, 0.2) is 0 Å². The van der Waals surface area contributed by atoms with E-state index >= 15 is 0 Å². The summed E-state index contributed by atoms with van der Waals surface area (Å²) in [6, 6.07) is 10.7. The fraction of sp³-hybridized carbons (Fsp3) is 0.0667. The Morgan fingerprint density at radius 2 is 1.90 bits per heavy atom. The van der Waals surface area contributed by atoms with Crippen LogP contribution in [-0.4, -0.2) is 11.1 Å². The Morgan fingerprint density at radius 1 is 1.14 bits per heavy atom. The third-order valence-electron chi connectivity index (χ3n) is 2.92. The van der Waals surface area contributed by atoms with E-state index in [0.717, 1.165) is 26.4 Å². The molecule has 1 saturated heterocycles. The lowest BCUT2D eigenvalue weighted by Crippen LogP contribution is -2.27. The molecule has 0 atom stereocenters. The van der Waals surface area contributed by atoms with E-state index in [1.165, 1.54) is 0 Å². The predicted molar refractivity (Wildman–Crippen MR) is 89.0 cm³/mol. The van der Waals surface area contributed by atoms with E-state index in [1.54, 1.807) is 41.7 Å². The number of halogens is 1. The third kappa shape index (κ3) is 2.77. The zero-order chi connectivity index (χ0) is 15.0. The summed E-state index contributed by atoms with van der Waals surface area (Å²) in [6.45, 7) is 2.00. The zero-order valence-corrected chi connectivity index (χ0v) is 13.4. The van der Waals surface area contributed by atoms with Gasteiger partial charge in [0.05, 0.1) is 15.6 Å². The van der Waals surface area contributed by atoms with Crippen molar-refractivity contribution >= 4 is 57.6 Å². The normalized spacial score (nSPS) is 17.0. The number of rotatable bonds is 2. The van der Waals surface area contributed by atoms with Crippen LogP contribution in [0.25, 0.3) is 6.08 Å². The standard InChI is InChI=1S/C15H10ClNO2S2/c1-9-6-7-10(20-9)8-13-14(18)17(15(19)21-13)12-5-3-2-4-11(12)16/h2-8H,1H3/b13-8-. The molecule has 6 heteroatoms. The van der Waals surface area contributed by atoms with E-state index in [-0.39, 0.29) is 11.1 Å². The first-order chi connectivity index (χ1) is 10.1. The van der Waals surface area contributed by atoms with Crippen molar-refractivity contribution in [2.45, 2.75) is 6.92 Å². The van der Waals surface area contributed by atoms with Gasteiger partial charge in [-0.25, -0.2) is 4.90 Å². The molecular formula is C15H10ClNO2S2. The highest BCUT2D eigenvalue weighted by Gasteiger charge is 2.37. The van der Waals surface area contributed by atoms with Crippen LogP contribution >= 0.6 is 34.7 Å². The number of aryl methyl sites for hydroxylation is 1. The maximum atomic E-state index is 12.4. The monoisotopic (exact) mass is 335 g/mol. The molecule has 106 valence electrons. The molecule has 1 fully saturated rings. The van der Waals surface area contributed by atoms with Gasteiger partial charge in [-0.3, -0.25) is 9.59 Å². The summed E-state index contributed by atoms with van der Waals surface area (Å²) >= 11 is 8.59. The minimum absolute atomic E-state index is 0.326. The number of nitrogens with zero attached hydrogens (tertiary/aromatic N) is 1. The highest BCUT2D eigenvalue weighted by Crippen LogP contribution is 2.38. The van der Waals surface area contributed by atoms with Crippen molar-refractivity contribution in [3.05, 3.63) is 56.1 Å². The third-order valence-corrected chi connectivity index (χ3v) is 5.06. The van der Waals surface area contributed by atoms with Gasteiger partial charge < -0.3 is 0 Å². The van der Waals surface area contributed by atoms with Crippen LogP contribution in [-0.2, 0) is 4.79 Å². The van der Waals surface area contributed by atoms with E-state index in [2.05, 4.69) is 0 Å². The molecule has 0 bridgehead atoms. The lowest BCUT2D eigenvalue weighted by atomic mass is 10.3. The van der Waals surface area contributed by atoms with Crippen molar-refractivity contribution in [3.8, 4) is 0 Å².